The van der Waals surface area contributed by atoms with E-state index < -0.39 is 0 Å². The molecule has 0 saturated heterocycles. The van der Waals surface area contributed by atoms with Gasteiger partial charge in [0.15, 0.2) is 17.5 Å². The van der Waals surface area contributed by atoms with Crippen LogP contribution in [0, 0.1) is 0 Å². The number of halogens is 2. The molecule has 6 nitrogen and oxygen atoms in total. The van der Waals surface area contributed by atoms with Gasteiger partial charge in [-0.05, 0) is 46.6 Å². The highest BCUT2D eigenvalue weighted by molar-refractivity contribution is 14.0. The van der Waals surface area contributed by atoms with Gasteiger partial charge in [0.25, 0.3) is 0 Å². The first-order valence-electron chi connectivity index (χ1n) is 8.50. The third kappa shape index (κ3) is 6.60. The normalized spacial score (nSPS) is 11.0. The molecule has 0 spiro atoms. The molecule has 1 aromatic carbocycles. The van der Waals surface area contributed by atoms with E-state index in [4.69, 9.17) is 9.47 Å². The highest BCUT2D eigenvalue weighted by Gasteiger charge is 2.11. The van der Waals surface area contributed by atoms with Crippen LogP contribution in [0.5, 0.6) is 11.5 Å². The lowest BCUT2D eigenvalue weighted by atomic mass is 10.2. The summed E-state index contributed by atoms with van der Waals surface area (Å²) < 4.78 is 14.2. The first kappa shape index (κ1) is 23.6. The molecule has 2 aromatic rings. The van der Waals surface area contributed by atoms with E-state index >= 15 is 0 Å². The van der Waals surface area contributed by atoms with Crippen LogP contribution < -0.4 is 14.8 Å². The van der Waals surface area contributed by atoms with Gasteiger partial charge in [-0.15, -0.1) is 24.0 Å². The lowest BCUT2D eigenvalue weighted by molar-refractivity contribution is 0.310. The average Bonchev–Trinajstić information content (AvgIpc) is 2.93. The van der Waals surface area contributed by atoms with Crippen molar-refractivity contribution in [2.24, 2.45) is 12.0 Å². The average molecular weight is 551 g/mol. The van der Waals surface area contributed by atoms with E-state index in [-0.39, 0.29) is 24.0 Å². The van der Waals surface area contributed by atoms with Crippen LogP contribution in [0.4, 0.5) is 0 Å². The van der Waals surface area contributed by atoms with Gasteiger partial charge < -0.3 is 24.3 Å². The third-order valence-corrected chi connectivity index (χ3v) is 4.46. The lowest BCUT2D eigenvalue weighted by Gasteiger charge is -2.22. The second-order valence-electron chi connectivity index (χ2n) is 5.94. The minimum absolute atomic E-state index is 0. The first-order valence-corrected chi connectivity index (χ1v) is 9.30. The van der Waals surface area contributed by atoms with E-state index in [0.717, 1.165) is 34.0 Å². The van der Waals surface area contributed by atoms with Crippen LogP contribution >= 0.6 is 39.9 Å². The molecule has 1 heterocycles. The van der Waals surface area contributed by atoms with Gasteiger partial charge >= 0.3 is 0 Å². The molecule has 1 N–H and O–H groups in total. The summed E-state index contributed by atoms with van der Waals surface area (Å²) in [4.78, 5) is 6.47. The fourth-order valence-electron chi connectivity index (χ4n) is 2.71. The Kier molecular flexibility index (Phi) is 10.00. The Morgan fingerprint density at radius 1 is 1.30 bits per heavy atom. The van der Waals surface area contributed by atoms with E-state index in [1.54, 1.807) is 14.2 Å². The van der Waals surface area contributed by atoms with Crippen LogP contribution in [-0.4, -0.2) is 43.2 Å². The number of methoxy groups -OCH3 is 1. The summed E-state index contributed by atoms with van der Waals surface area (Å²) in [5.74, 6) is 2.33. The Bertz CT molecular complexity index is 764. The third-order valence-electron chi connectivity index (χ3n) is 4.03. The van der Waals surface area contributed by atoms with Crippen molar-refractivity contribution in [1.82, 2.24) is 14.8 Å². The van der Waals surface area contributed by atoms with Crippen molar-refractivity contribution in [2.75, 3.05) is 27.8 Å². The Morgan fingerprint density at radius 2 is 2.04 bits per heavy atom. The highest BCUT2D eigenvalue weighted by atomic mass is 127. The molecule has 0 atom stereocenters. The standard InChI is InChI=1S/C19H27BrN4O2.HI/c1-6-26-18-9-14(7-8-17(18)25-5)11-22-19(21-2)24(4)13-16-10-15(20)12-23(16)3;/h7-10,12H,6,11,13H2,1-5H3,(H,21,22);1H. The Balaban J connectivity index is 0.00000364. The molecule has 0 saturated carbocycles. The van der Waals surface area contributed by atoms with Gasteiger partial charge in [-0.3, -0.25) is 4.99 Å². The maximum Gasteiger partial charge on any atom is 0.194 e. The molecule has 0 unspecified atom stereocenters. The number of hydrogen-bond acceptors (Lipinski definition) is 3. The zero-order valence-corrected chi connectivity index (χ0v) is 20.4. The van der Waals surface area contributed by atoms with Crippen molar-refractivity contribution in [1.29, 1.82) is 0 Å². The molecule has 2 rings (SSSR count). The molecule has 0 aliphatic heterocycles. The van der Waals surface area contributed by atoms with Crippen molar-refractivity contribution in [3.8, 4) is 11.5 Å². The molecule has 150 valence electrons. The Labute approximate surface area is 187 Å². The number of aliphatic imine (C=N–C) groups is 1. The quantitative estimate of drug-likeness (QED) is 0.321. The predicted octanol–water partition coefficient (Wildman–Crippen LogP) is 4.02. The number of benzene rings is 1. The molecule has 0 radical (unpaired) electrons. The topological polar surface area (TPSA) is 51.0 Å². The summed E-state index contributed by atoms with van der Waals surface area (Å²) in [6.07, 6.45) is 2.05. The molecular weight excluding hydrogens is 523 g/mol. The van der Waals surface area contributed by atoms with Crippen LogP contribution in [-0.2, 0) is 20.1 Å². The number of ether oxygens (including phenoxy) is 2. The minimum atomic E-state index is 0. The molecule has 27 heavy (non-hydrogen) atoms. The molecule has 0 aliphatic carbocycles. The fraction of sp³-hybridized carbons (Fsp3) is 0.421. The largest absolute Gasteiger partial charge is 0.493 e. The van der Waals surface area contributed by atoms with E-state index in [1.807, 2.05) is 45.4 Å². The number of aromatic nitrogens is 1. The maximum atomic E-state index is 5.64. The van der Waals surface area contributed by atoms with Gasteiger partial charge in [0.2, 0.25) is 0 Å². The first-order chi connectivity index (χ1) is 12.5. The number of aryl methyl sites for hydroxylation is 1. The number of guanidine groups is 1. The van der Waals surface area contributed by atoms with Crippen molar-refractivity contribution >= 4 is 45.9 Å². The van der Waals surface area contributed by atoms with E-state index in [1.165, 1.54) is 5.69 Å². The fourth-order valence-corrected chi connectivity index (χ4v) is 3.28. The van der Waals surface area contributed by atoms with Crippen molar-refractivity contribution in [3.63, 3.8) is 0 Å². The van der Waals surface area contributed by atoms with Crippen LogP contribution in [0.1, 0.15) is 18.2 Å². The van der Waals surface area contributed by atoms with Crippen LogP contribution in [0.15, 0.2) is 39.9 Å². The van der Waals surface area contributed by atoms with Crippen molar-refractivity contribution in [3.05, 3.63) is 46.2 Å². The summed E-state index contributed by atoms with van der Waals surface area (Å²) in [6, 6.07) is 8.06. The summed E-state index contributed by atoms with van der Waals surface area (Å²) in [5, 5.41) is 3.40. The Morgan fingerprint density at radius 3 is 2.59 bits per heavy atom. The highest BCUT2D eigenvalue weighted by Crippen LogP contribution is 2.28. The van der Waals surface area contributed by atoms with Crippen LogP contribution in [0.2, 0.25) is 0 Å². The van der Waals surface area contributed by atoms with E-state index in [9.17, 15) is 0 Å². The number of hydrogen-bond donors (Lipinski definition) is 1. The van der Waals surface area contributed by atoms with Gasteiger partial charge in [0.05, 0.1) is 20.3 Å². The molecule has 8 heteroatoms. The summed E-state index contributed by atoms with van der Waals surface area (Å²) in [5.41, 5.74) is 2.30. The number of nitrogens with one attached hydrogen (secondary N) is 1. The number of nitrogens with zero attached hydrogens (tertiary/aromatic N) is 3. The van der Waals surface area contributed by atoms with Gasteiger partial charge in [0.1, 0.15) is 0 Å². The van der Waals surface area contributed by atoms with Crippen molar-refractivity contribution < 1.29 is 9.47 Å². The minimum Gasteiger partial charge on any atom is -0.493 e. The van der Waals surface area contributed by atoms with Crippen LogP contribution in [0.3, 0.4) is 0 Å². The summed E-state index contributed by atoms with van der Waals surface area (Å²) >= 11 is 3.51. The van der Waals surface area contributed by atoms with Gasteiger partial charge in [-0.25, -0.2) is 0 Å². The Hall–Kier alpha value is -1.42. The second-order valence-corrected chi connectivity index (χ2v) is 6.85. The molecule has 0 amide bonds. The van der Waals surface area contributed by atoms with Gasteiger partial charge in [-0.2, -0.15) is 0 Å². The molecule has 1 aromatic heterocycles. The van der Waals surface area contributed by atoms with Gasteiger partial charge in [-0.1, -0.05) is 6.07 Å². The number of rotatable bonds is 7. The lowest BCUT2D eigenvalue weighted by Crippen LogP contribution is -2.38. The monoisotopic (exact) mass is 550 g/mol. The zero-order valence-electron chi connectivity index (χ0n) is 16.5. The smallest absolute Gasteiger partial charge is 0.194 e. The van der Waals surface area contributed by atoms with E-state index in [2.05, 4.69) is 41.8 Å². The predicted molar refractivity (Wildman–Crippen MR) is 124 cm³/mol. The summed E-state index contributed by atoms with van der Waals surface area (Å²) in [7, 11) is 7.50. The zero-order chi connectivity index (χ0) is 19.1. The van der Waals surface area contributed by atoms with E-state index in [0.29, 0.717) is 13.2 Å². The van der Waals surface area contributed by atoms with Crippen LogP contribution in [0.25, 0.3) is 0 Å². The van der Waals surface area contributed by atoms with Gasteiger partial charge in [0, 0.05) is 44.1 Å². The second kappa shape index (κ2) is 11.4. The van der Waals surface area contributed by atoms with Crippen molar-refractivity contribution in [2.45, 2.75) is 20.0 Å². The molecule has 0 aliphatic rings. The molecular formula is C19H28BrIN4O2. The summed E-state index contributed by atoms with van der Waals surface area (Å²) in [6.45, 7) is 3.97. The maximum absolute atomic E-state index is 5.64. The molecule has 0 bridgehead atoms. The SMILES string of the molecule is CCOc1cc(CNC(=NC)N(C)Cc2cc(Br)cn2C)ccc1OC.I. The molecule has 0 fully saturated rings.